The maximum absolute atomic E-state index is 4.62. The fraction of sp³-hybridized carbons (Fsp3) is 0.600. The molecule has 0 aliphatic carbocycles. The molecule has 1 N–H and O–H groups in total. The van der Waals surface area contributed by atoms with E-state index >= 15 is 0 Å². The fourth-order valence-electron chi connectivity index (χ4n) is 2.94. The molecule has 1 aliphatic rings. The van der Waals surface area contributed by atoms with Crippen LogP contribution in [0.1, 0.15) is 32.4 Å². The lowest BCUT2D eigenvalue weighted by atomic mass is 10.2. The van der Waals surface area contributed by atoms with Crippen LogP contribution in [0.3, 0.4) is 0 Å². The first-order valence-electron chi connectivity index (χ1n) is 7.46. The minimum absolute atomic E-state index is 0.423. The monoisotopic (exact) mass is 273 g/mol. The van der Waals surface area contributed by atoms with E-state index in [0.717, 1.165) is 30.1 Å². The maximum Gasteiger partial charge on any atom is 0.154 e. The van der Waals surface area contributed by atoms with Gasteiger partial charge in [0.15, 0.2) is 5.82 Å². The number of rotatable bonds is 4. The predicted octanol–water partition coefficient (Wildman–Crippen LogP) is 2.00. The van der Waals surface area contributed by atoms with Crippen molar-refractivity contribution in [2.45, 2.75) is 45.7 Å². The van der Waals surface area contributed by atoms with Gasteiger partial charge >= 0.3 is 0 Å². The third kappa shape index (κ3) is 2.50. The summed E-state index contributed by atoms with van der Waals surface area (Å²) in [6.07, 6.45) is 6.29. The van der Waals surface area contributed by atoms with Gasteiger partial charge in [0.2, 0.25) is 0 Å². The zero-order valence-corrected chi connectivity index (χ0v) is 12.5. The van der Waals surface area contributed by atoms with Crippen LogP contribution >= 0.6 is 0 Å². The van der Waals surface area contributed by atoms with Gasteiger partial charge in [0.1, 0.15) is 5.52 Å². The third-order valence-corrected chi connectivity index (χ3v) is 3.97. The summed E-state index contributed by atoms with van der Waals surface area (Å²) in [6, 6.07) is 3.11. The Labute approximate surface area is 120 Å². The minimum Gasteiger partial charge on any atom is -0.351 e. The van der Waals surface area contributed by atoms with Gasteiger partial charge in [-0.25, -0.2) is 9.50 Å². The Balaban J connectivity index is 1.95. The standard InChI is InChI=1S/C15H23N5/c1-11(2)19(10-13-5-4-6-16-13)15-14-9-12(3)18-20(14)8-7-17-15/h7-9,11,13,16H,4-6,10H2,1-3H3. The van der Waals surface area contributed by atoms with Crippen molar-refractivity contribution < 1.29 is 0 Å². The van der Waals surface area contributed by atoms with Crippen molar-refractivity contribution in [3.63, 3.8) is 0 Å². The molecular formula is C15H23N5. The molecule has 3 heterocycles. The number of hydrogen-bond donors (Lipinski definition) is 1. The van der Waals surface area contributed by atoms with Gasteiger partial charge in [-0.15, -0.1) is 0 Å². The van der Waals surface area contributed by atoms with Crippen molar-refractivity contribution in [1.82, 2.24) is 19.9 Å². The topological polar surface area (TPSA) is 45.5 Å². The van der Waals surface area contributed by atoms with Gasteiger partial charge in [-0.3, -0.25) is 0 Å². The Morgan fingerprint density at radius 2 is 2.35 bits per heavy atom. The molecule has 0 saturated carbocycles. The zero-order chi connectivity index (χ0) is 14.1. The van der Waals surface area contributed by atoms with E-state index in [1.54, 1.807) is 0 Å². The van der Waals surface area contributed by atoms with E-state index in [-0.39, 0.29) is 0 Å². The predicted molar refractivity (Wildman–Crippen MR) is 81.2 cm³/mol. The van der Waals surface area contributed by atoms with Crippen molar-refractivity contribution in [1.29, 1.82) is 0 Å². The van der Waals surface area contributed by atoms with Crippen LogP contribution < -0.4 is 10.2 Å². The van der Waals surface area contributed by atoms with Crippen molar-refractivity contribution in [2.24, 2.45) is 0 Å². The Kier molecular flexibility index (Phi) is 3.61. The second kappa shape index (κ2) is 5.40. The van der Waals surface area contributed by atoms with Crippen LogP contribution in [-0.2, 0) is 0 Å². The summed E-state index contributed by atoms with van der Waals surface area (Å²) in [5, 5.41) is 8.05. The summed E-state index contributed by atoms with van der Waals surface area (Å²) in [5.41, 5.74) is 2.12. The van der Waals surface area contributed by atoms with Crippen LogP contribution in [0.5, 0.6) is 0 Å². The maximum atomic E-state index is 4.62. The van der Waals surface area contributed by atoms with E-state index in [1.807, 2.05) is 23.8 Å². The molecule has 1 aliphatic heterocycles. The molecule has 1 saturated heterocycles. The van der Waals surface area contributed by atoms with Gasteiger partial charge in [0.05, 0.1) is 5.69 Å². The van der Waals surface area contributed by atoms with Crippen molar-refractivity contribution >= 4 is 11.3 Å². The number of fused-ring (bicyclic) bond motifs is 1. The van der Waals surface area contributed by atoms with Gasteiger partial charge in [0.25, 0.3) is 0 Å². The average molecular weight is 273 g/mol. The third-order valence-electron chi connectivity index (χ3n) is 3.97. The smallest absolute Gasteiger partial charge is 0.154 e. The van der Waals surface area contributed by atoms with E-state index in [2.05, 4.69) is 40.2 Å². The van der Waals surface area contributed by atoms with Gasteiger partial charge in [-0.1, -0.05) is 0 Å². The van der Waals surface area contributed by atoms with Gasteiger partial charge in [0, 0.05) is 31.0 Å². The van der Waals surface area contributed by atoms with E-state index < -0.39 is 0 Å². The first kappa shape index (κ1) is 13.4. The van der Waals surface area contributed by atoms with Crippen molar-refractivity contribution in [3.8, 4) is 0 Å². The highest BCUT2D eigenvalue weighted by atomic mass is 15.3. The molecule has 0 aromatic carbocycles. The first-order chi connectivity index (χ1) is 9.65. The molecule has 108 valence electrons. The second-order valence-corrected chi connectivity index (χ2v) is 5.91. The Morgan fingerprint density at radius 3 is 3.05 bits per heavy atom. The summed E-state index contributed by atoms with van der Waals surface area (Å²) in [5.74, 6) is 1.04. The molecule has 0 spiro atoms. The summed E-state index contributed by atoms with van der Waals surface area (Å²) in [4.78, 5) is 7.01. The normalized spacial score (nSPS) is 19.1. The largest absolute Gasteiger partial charge is 0.351 e. The molecule has 0 bridgehead atoms. The molecule has 5 heteroatoms. The lowest BCUT2D eigenvalue weighted by Crippen LogP contribution is -2.42. The first-order valence-corrected chi connectivity index (χ1v) is 7.46. The highest BCUT2D eigenvalue weighted by molar-refractivity contribution is 5.69. The Morgan fingerprint density at radius 1 is 1.50 bits per heavy atom. The molecule has 2 aromatic rings. The van der Waals surface area contributed by atoms with Crippen molar-refractivity contribution in [3.05, 3.63) is 24.2 Å². The van der Waals surface area contributed by atoms with E-state index in [1.165, 1.54) is 12.8 Å². The number of nitrogens with zero attached hydrogens (tertiary/aromatic N) is 4. The highest BCUT2D eigenvalue weighted by Crippen LogP contribution is 2.23. The van der Waals surface area contributed by atoms with Crippen molar-refractivity contribution in [2.75, 3.05) is 18.0 Å². The molecule has 5 nitrogen and oxygen atoms in total. The van der Waals surface area contributed by atoms with Gasteiger partial charge < -0.3 is 10.2 Å². The molecule has 1 fully saturated rings. The molecule has 1 atom stereocenters. The highest BCUT2D eigenvalue weighted by Gasteiger charge is 2.22. The summed E-state index contributed by atoms with van der Waals surface area (Å²) < 4.78 is 1.93. The zero-order valence-electron chi connectivity index (χ0n) is 12.5. The number of nitrogens with one attached hydrogen (secondary N) is 1. The summed E-state index contributed by atoms with van der Waals surface area (Å²) in [7, 11) is 0. The fourth-order valence-corrected chi connectivity index (χ4v) is 2.94. The molecule has 20 heavy (non-hydrogen) atoms. The molecule has 3 rings (SSSR count). The molecule has 0 radical (unpaired) electrons. The number of hydrogen-bond acceptors (Lipinski definition) is 4. The lowest BCUT2D eigenvalue weighted by molar-refractivity contribution is 0.549. The van der Waals surface area contributed by atoms with E-state index in [0.29, 0.717) is 12.1 Å². The molecule has 1 unspecified atom stereocenters. The van der Waals surface area contributed by atoms with E-state index in [4.69, 9.17) is 0 Å². The molecule has 2 aromatic heterocycles. The van der Waals surface area contributed by atoms with Crippen LogP contribution in [0.15, 0.2) is 18.5 Å². The van der Waals surface area contributed by atoms with Crippen LogP contribution in [0.2, 0.25) is 0 Å². The Bertz CT molecular complexity index is 583. The van der Waals surface area contributed by atoms with Crippen LogP contribution in [-0.4, -0.2) is 39.8 Å². The number of anilines is 1. The molecular weight excluding hydrogens is 250 g/mol. The summed E-state index contributed by atoms with van der Waals surface area (Å²) in [6.45, 7) is 8.62. The minimum atomic E-state index is 0.423. The Hall–Kier alpha value is -1.62. The second-order valence-electron chi connectivity index (χ2n) is 5.91. The van der Waals surface area contributed by atoms with Gasteiger partial charge in [-0.2, -0.15) is 5.10 Å². The summed E-state index contributed by atoms with van der Waals surface area (Å²) >= 11 is 0. The van der Waals surface area contributed by atoms with Crippen LogP contribution in [0.25, 0.3) is 5.52 Å². The SMILES string of the molecule is Cc1cc2c(N(CC3CCCN3)C(C)C)nccn2n1. The number of aryl methyl sites for hydroxylation is 1. The quantitative estimate of drug-likeness (QED) is 0.925. The molecule has 0 amide bonds. The van der Waals surface area contributed by atoms with E-state index in [9.17, 15) is 0 Å². The van der Waals surface area contributed by atoms with Crippen LogP contribution in [0.4, 0.5) is 5.82 Å². The lowest BCUT2D eigenvalue weighted by Gasteiger charge is -2.30. The number of aromatic nitrogens is 3. The van der Waals surface area contributed by atoms with Gasteiger partial charge in [-0.05, 0) is 46.2 Å². The average Bonchev–Trinajstić information content (AvgIpc) is 3.02. The van der Waals surface area contributed by atoms with Crippen LogP contribution in [0, 0.1) is 6.92 Å².